The number of nitrogens with zero attached hydrogens (tertiary/aromatic N) is 1. The lowest BCUT2D eigenvalue weighted by Gasteiger charge is -2.16. The minimum Gasteiger partial charge on any atom is -0.344 e. The third-order valence-corrected chi connectivity index (χ3v) is 4.09. The van der Waals surface area contributed by atoms with Crippen molar-refractivity contribution in [2.24, 2.45) is 0 Å². The Morgan fingerprint density at radius 2 is 2.00 bits per heavy atom. The molecule has 1 aromatic carbocycles. The fourth-order valence-electron chi connectivity index (χ4n) is 1.54. The van der Waals surface area contributed by atoms with Crippen LogP contribution in [0.15, 0.2) is 29.2 Å². The molecule has 0 bridgehead atoms. The van der Waals surface area contributed by atoms with E-state index >= 15 is 0 Å². The number of carbonyl (C=O) groups excluding carboxylic acids is 1. The van der Waals surface area contributed by atoms with Crippen LogP contribution in [0.3, 0.4) is 0 Å². The van der Waals surface area contributed by atoms with Crippen molar-refractivity contribution in [1.82, 2.24) is 10.2 Å². The van der Waals surface area contributed by atoms with Crippen molar-refractivity contribution in [1.29, 1.82) is 0 Å². The third kappa shape index (κ3) is 8.00. The molecule has 3 nitrogen and oxygen atoms in total. The summed E-state index contributed by atoms with van der Waals surface area (Å²) in [5, 5.41) is 3.79. The molecule has 0 aliphatic rings. The standard InChI is InChI=1S/C14H21ClN2OS.ClH/c1-16-9-10-17(2)14(18)4-3-11-19-13-7-5-12(15)6-8-13;/h5-8,16H,3-4,9-11H2,1-2H3;1H. The van der Waals surface area contributed by atoms with Crippen LogP contribution in [-0.4, -0.2) is 43.7 Å². The number of hydrogen-bond donors (Lipinski definition) is 1. The molecule has 6 heteroatoms. The number of likely N-dealkylation sites (N-methyl/N-ethyl adjacent to an activating group) is 2. The molecule has 0 saturated heterocycles. The number of halogens is 2. The van der Waals surface area contributed by atoms with Crippen LogP contribution >= 0.6 is 35.8 Å². The second-order valence-electron chi connectivity index (χ2n) is 4.32. The zero-order valence-electron chi connectivity index (χ0n) is 11.9. The van der Waals surface area contributed by atoms with Gasteiger partial charge in [-0.05, 0) is 43.5 Å². The maximum Gasteiger partial charge on any atom is 0.222 e. The van der Waals surface area contributed by atoms with E-state index in [0.717, 1.165) is 30.3 Å². The van der Waals surface area contributed by atoms with Gasteiger partial charge in [0.05, 0.1) is 0 Å². The predicted molar refractivity (Wildman–Crippen MR) is 90.2 cm³/mol. The second-order valence-corrected chi connectivity index (χ2v) is 5.93. The fourth-order valence-corrected chi connectivity index (χ4v) is 2.52. The number of carbonyl (C=O) groups is 1. The summed E-state index contributed by atoms with van der Waals surface area (Å²) < 4.78 is 0. The molecule has 0 aliphatic heterocycles. The fraction of sp³-hybridized carbons (Fsp3) is 0.500. The lowest BCUT2D eigenvalue weighted by atomic mass is 10.3. The van der Waals surface area contributed by atoms with Crippen molar-refractivity contribution in [3.8, 4) is 0 Å². The first-order valence-corrected chi connectivity index (χ1v) is 7.76. The van der Waals surface area contributed by atoms with E-state index in [0.29, 0.717) is 6.42 Å². The molecular weight excluding hydrogens is 315 g/mol. The maximum absolute atomic E-state index is 11.8. The van der Waals surface area contributed by atoms with Gasteiger partial charge in [0.15, 0.2) is 0 Å². The van der Waals surface area contributed by atoms with Crippen LogP contribution in [-0.2, 0) is 4.79 Å². The van der Waals surface area contributed by atoms with Gasteiger partial charge in [0.2, 0.25) is 5.91 Å². The summed E-state index contributed by atoms with van der Waals surface area (Å²) in [5.74, 6) is 1.17. The van der Waals surface area contributed by atoms with Gasteiger partial charge in [-0.15, -0.1) is 24.2 Å². The summed E-state index contributed by atoms with van der Waals surface area (Å²) in [6, 6.07) is 7.79. The lowest BCUT2D eigenvalue weighted by molar-refractivity contribution is -0.129. The smallest absolute Gasteiger partial charge is 0.222 e. The molecule has 0 aromatic heterocycles. The van der Waals surface area contributed by atoms with Crippen LogP contribution in [0.2, 0.25) is 5.02 Å². The van der Waals surface area contributed by atoms with Crippen molar-refractivity contribution >= 4 is 41.7 Å². The molecule has 20 heavy (non-hydrogen) atoms. The minimum atomic E-state index is 0. The van der Waals surface area contributed by atoms with E-state index in [4.69, 9.17) is 11.6 Å². The Morgan fingerprint density at radius 3 is 2.60 bits per heavy atom. The third-order valence-electron chi connectivity index (χ3n) is 2.74. The molecule has 0 fully saturated rings. The molecule has 0 radical (unpaired) electrons. The predicted octanol–water partition coefficient (Wildman–Crippen LogP) is 3.31. The van der Waals surface area contributed by atoms with Gasteiger partial charge in [-0.3, -0.25) is 4.79 Å². The number of nitrogens with one attached hydrogen (secondary N) is 1. The van der Waals surface area contributed by atoms with Crippen molar-refractivity contribution in [3.05, 3.63) is 29.3 Å². The highest BCUT2D eigenvalue weighted by Gasteiger charge is 2.07. The molecule has 1 aromatic rings. The Morgan fingerprint density at radius 1 is 1.35 bits per heavy atom. The lowest BCUT2D eigenvalue weighted by Crippen LogP contribution is -2.32. The van der Waals surface area contributed by atoms with Gasteiger partial charge in [-0.25, -0.2) is 0 Å². The van der Waals surface area contributed by atoms with Crippen LogP contribution in [0, 0.1) is 0 Å². The number of hydrogen-bond acceptors (Lipinski definition) is 3. The number of benzene rings is 1. The highest BCUT2D eigenvalue weighted by atomic mass is 35.5. The Kier molecular flexibility index (Phi) is 11.0. The van der Waals surface area contributed by atoms with Crippen LogP contribution < -0.4 is 5.32 Å². The summed E-state index contributed by atoms with van der Waals surface area (Å²) in [4.78, 5) is 14.8. The van der Waals surface area contributed by atoms with Crippen LogP contribution in [0.4, 0.5) is 0 Å². The molecular formula is C14H22Cl2N2OS. The van der Waals surface area contributed by atoms with Gasteiger partial charge < -0.3 is 10.2 Å². The molecule has 0 atom stereocenters. The van der Waals surface area contributed by atoms with Crippen LogP contribution in [0.5, 0.6) is 0 Å². The Balaban J connectivity index is 0.00000361. The van der Waals surface area contributed by atoms with Gasteiger partial charge in [0.1, 0.15) is 0 Å². The van der Waals surface area contributed by atoms with Gasteiger partial charge >= 0.3 is 0 Å². The molecule has 114 valence electrons. The number of rotatable bonds is 8. The Labute approximate surface area is 136 Å². The van der Waals surface area contributed by atoms with E-state index in [1.165, 1.54) is 4.90 Å². The molecule has 0 spiro atoms. The Bertz CT molecular complexity index is 387. The summed E-state index contributed by atoms with van der Waals surface area (Å²) in [7, 11) is 3.74. The van der Waals surface area contributed by atoms with E-state index < -0.39 is 0 Å². The molecule has 1 rings (SSSR count). The van der Waals surface area contributed by atoms with E-state index in [9.17, 15) is 4.79 Å². The zero-order valence-corrected chi connectivity index (χ0v) is 14.3. The van der Waals surface area contributed by atoms with E-state index in [2.05, 4.69) is 5.32 Å². The molecule has 1 amide bonds. The summed E-state index contributed by atoms with van der Waals surface area (Å²) in [5.41, 5.74) is 0. The topological polar surface area (TPSA) is 32.3 Å². The summed E-state index contributed by atoms with van der Waals surface area (Å²) >= 11 is 7.59. The van der Waals surface area contributed by atoms with Gasteiger partial charge in [-0.1, -0.05) is 11.6 Å². The monoisotopic (exact) mass is 336 g/mol. The second kappa shape index (κ2) is 11.3. The summed E-state index contributed by atoms with van der Waals surface area (Å²) in [6.07, 6.45) is 1.51. The SMILES string of the molecule is CNCCN(C)C(=O)CCCSc1ccc(Cl)cc1.Cl. The quantitative estimate of drug-likeness (QED) is 0.583. The average Bonchev–Trinajstić information content (AvgIpc) is 2.42. The van der Waals surface area contributed by atoms with Crippen LogP contribution in [0.25, 0.3) is 0 Å². The van der Waals surface area contributed by atoms with Crippen molar-refractivity contribution in [2.45, 2.75) is 17.7 Å². The highest BCUT2D eigenvalue weighted by molar-refractivity contribution is 7.99. The van der Waals surface area contributed by atoms with E-state index in [-0.39, 0.29) is 18.3 Å². The zero-order chi connectivity index (χ0) is 14.1. The van der Waals surface area contributed by atoms with Crippen molar-refractivity contribution in [2.75, 3.05) is 32.9 Å². The van der Waals surface area contributed by atoms with Gasteiger partial charge in [0, 0.05) is 36.5 Å². The molecule has 0 heterocycles. The normalized spacial score (nSPS) is 9.95. The maximum atomic E-state index is 11.8. The minimum absolute atomic E-state index is 0. The molecule has 0 unspecified atom stereocenters. The number of amides is 1. The Hall–Kier alpha value is -0.420. The first-order chi connectivity index (χ1) is 9.13. The first-order valence-electron chi connectivity index (χ1n) is 6.40. The van der Waals surface area contributed by atoms with Gasteiger partial charge in [0.25, 0.3) is 0 Å². The van der Waals surface area contributed by atoms with E-state index in [1.54, 1.807) is 16.7 Å². The largest absolute Gasteiger partial charge is 0.344 e. The molecule has 0 aliphatic carbocycles. The highest BCUT2D eigenvalue weighted by Crippen LogP contribution is 2.21. The van der Waals surface area contributed by atoms with Crippen molar-refractivity contribution in [3.63, 3.8) is 0 Å². The first kappa shape index (κ1) is 19.6. The average molecular weight is 337 g/mol. The van der Waals surface area contributed by atoms with Crippen LogP contribution in [0.1, 0.15) is 12.8 Å². The van der Waals surface area contributed by atoms with Gasteiger partial charge in [-0.2, -0.15) is 0 Å². The summed E-state index contributed by atoms with van der Waals surface area (Å²) in [6.45, 7) is 1.60. The van der Waals surface area contributed by atoms with Crippen molar-refractivity contribution < 1.29 is 4.79 Å². The molecule has 1 N–H and O–H groups in total. The molecule has 0 saturated carbocycles. The number of thioether (sulfide) groups is 1. The van der Waals surface area contributed by atoms with E-state index in [1.807, 2.05) is 38.4 Å².